The van der Waals surface area contributed by atoms with E-state index in [1.54, 1.807) is 0 Å². The van der Waals surface area contributed by atoms with Gasteiger partial charge in [0.1, 0.15) is 12.4 Å². The normalized spacial score (nSPS) is 12.8. The Kier molecular flexibility index (Phi) is 4.68. The van der Waals surface area contributed by atoms with Crippen molar-refractivity contribution in [1.29, 1.82) is 0 Å². The van der Waals surface area contributed by atoms with Crippen LogP contribution in [-0.4, -0.2) is 17.8 Å². The first-order chi connectivity index (χ1) is 14.0. The summed E-state index contributed by atoms with van der Waals surface area (Å²) in [6, 6.07) is 16.9. The van der Waals surface area contributed by atoms with Gasteiger partial charge in [0.25, 0.3) is 11.8 Å². The summed E-state index contributed by atoms with van der Waals surface area (Å²) < 4.78 is 18.5. The van der Waals surface area contributed by atoms with Crippen LogP contribution in [0, 0.1) is 12.7 Å². The SMILES string of the molecule is Cc1ccccc1COC(=O)c1ccc2c(c1)C(=O)N(c1ccc(F)cc1)C2=O. The molecule has 2 amide bonds. The zero-order valence-corrected chi connectivity index (χ0v) is 15.5. The zero-order valence-electron chi connectivity index (χ0n) is 15.5. The van der Waals surface area contributed by atoms with E-state index in [0.29, 0.717) is 0 Å². The van der Waals surface area contributed by atoms with Gasteiger partial charge in [0.2, 0.25) is 0 Å². The number of anilines is 1. The van der Waals surface area contributed by atoms with Crippen LogP contribution >= 0.6 is 0 Å². The standard InChI is InChI=1S/C23H16FNO4/c1-14-4-2-3-5-16(14)13-29-23(28)15-6-11-19-20(12-15)22(27)25(21(19)26)18-9-7-17(24)8-10-18/h2-12H,13H2,1H3. The van der Waals surface area contributed by atoms with Gasteiger partial charge in [0, 0.05) is 0 Å². The smallest absolute Gasteiger partial charge is 0.338 e. The highest BCUT2D eigenvalue weighted by atomic mass is 19.1. The van der Waals surface area contributed by atoms with Crippen molar-refractivity contribution in [2.75, 3.05) is 4.90 Å². The van der Waals surface area contributed by atoms with E-state index in [1.807, 2.05) is 31.2 Å². The van der Waals surface area contributed by atoms with Crippen LogP contribution in [0.4, 0.5) is 10.1 Å². The lowest BCUT2D eigenvalue weighted by Crippen LogP contribution is -2.29. The number of carbonyl (C=O) groups excluding carboxylic acids is 3. The van der Waals surface area contributed by atoms with Gasteiger partial charge in [-0.05, 0) is 60.5 Å². The van der Waals surface area contributed by atoms with E-state index in [-0.39, 0.29) is 29.0 Å². The van der Waals surface area contributed by atoms with Crippen LogP contribution in [0.25, 0.3) is 0 Å². The number of halogens is 1. The number of aryl methyl sites for hydroxylation is 1. The predicted octanol–water partition coefficient (Wildman–Crippen LogP) is 4.29. The summed E-state index contributed by atoms with van der Waals surface area (Å²) in [4.78, 5) is 38.8. The highest BCUT2D eigenvalue weighted by Crippen LogP contribution is 2.29. The highest BCUT2D eigenvalue weighted by molar-refractivity contribution is 6.34. The molecule has 1 aliphatic heterocycles. The van der Waals surface area contributed by atoms with Crippen LogP contribution in [0.5, 0.6) is 0 Å². The summed E-state index contributed by atoms with van der Waals surface area (Å²) in [5, 5.41) is 0. The van der Waals surface area contributed by atoms with E-state index >= 15 is 0 Å². The summed E-state index contributed by atoms with van der Waals surface area (Å²) in [5.41, 5.74) is 2.64. The molecular formula is C23H16FNO4. The van der Waals surface area contributed by atoms with Crippen molar-refractivity contribution in [2.24, 2.45) is 0 Å². The molecule has 0 N–H and O–H groups in total. The molecule has 1 heterocycles. The van der Waals surface area contributed by atoms with E-state index in [4.69, 9.17) is 4.74 Å². The number of fused-ring (bicyclic) bond motifs is 1. The second kappa shape index (κ2) is 7.31. The van der Waals surface area contributed by atoms with Crippen molar-refractivity contribution in [1.82, 2.24) is 0 Å². The van der Waals surface area contributed by atoms with Crippen molar-refractivity contribution < 1.29 is 23.5 Å². The molecule has 0 atom stereocenters. The third-order valence-electron chi connectivity index (χ3n) is 4.83. The molecule has 0 unspecified atom stereocenters. The lowest BCUT2D eigenvalue weighted by molar-refractivity contribution is 0.0472. The second-order valence-corrected chi connectivity index (χ2v) is 6.69. The van der Waals surface area contributed by atoms with Crippen LogP contribution in [-0.2, 0) is 11.3 Å². The van der Waals surface area contributed by atoms with Crippen LogP contribution < -0.4 is 4.90 Å². The molecule has 3 aromatic carbocycles. The minimum absolute atomic E-state index is 0.108. The van der Waals surface area contributed by atoms with Gasteiger partial charge in [-0.2, -0.15) is 0 Å². The molecule has 5 nitrogen and oxygen atoms in total. The Morgan fingerprint density at radius 2 is 1.62 bits per heavy atom. The first kappa shape index (κ1) is 18.6. The summed E-state index contributed by atoms with van der Waals surface area (Å²) in [6.07, 6.45) is 0. The Bertz CT molecular complexity index is 1140. The Morgan fingerprint density at radius 1 is 0.931 bits per heavy atom. The minimum atomic E-state index is -0.587. The van der Waals surface area contributed by atoms with Gasteiger partial charge < -0.3 is 4.74 Å². The quantitative estimate of drug-likeness (QED) is 0.493. The third kappa shape index (κ3) is 3.40. The van der Waals surface area contributed by atoms with Gasteiger partial charge in [0.15, 0.2) is 0 Å². The van der Waals surface area contributed by atoms with E-state index in [9.17, 15) is 18.8 Å². The zero-order chi connectivity index (χ0) is 20.5. The predicted molar refractivity (Wildman–Crippen MR) is 104 cm³/mol. The summed E-state index contributed by atoms with van der Waals surface area (Å²) >= 11 is 0. The molecule has 1 aliphatic rings. The maximum Gasteiger partial charge on any atom is 0.338 e. The molecule has 0 aliphatic carbocycles. The second-order valence-electron chi connectivity index (χ2n) is 6.69. The fraction of sp³-hybridized carbons (Fsp3) is 0.0870. The maximum absolute atomic E-state index is 13.2. The fourth-order valence-corrected chi connectivity index (χ4v) is 3.19. The molecule has 6 heteroatoms. The Balaban J connectivity index is 1.56. The first-order valence-corrected chi connectivity index (χ1v) is 8.96. The average Bonchev–Trinajstić information content (AvgIpc) is 2.98. The Morgan fingerprint density at radius 3 is 2.34 bits per heavy atom. The summed E-state index contributed by atoms with van der Waals surface area (Å²) in [7, 11) is 0. The number of amides is 2. The molecule has 0 saturated heterocycles. The highest BCUT2D eigenvalue weighted by Gasteiger charge is 2.37. The molecule has 0 aromatic heterocycles. The van der Waals surface area contributed by atoms with Crippen molar-refractivity contribution >= 4 is 23.5 Å². The van der Waals surface area contributed by atoms with Crippen molar-refractivity contribution in [3.63, 3.8) is 0 Å². The number of imide groups is 1. The van der Waals surface area contributed by atoms with Crippen LogP contribution in [0.1, 0.15) is 42.2 Å². The van der Waals surface area contributed by atoms with Gasteiger partial charge >= 0.3 is 5.97 Å². The Labute approximate surface area is 166 Å². The topological polar surface area (TPSA) is 63.7 Å². The van der Waals surface area contributed by atoms with Gasteiger partial charge in [-0.1, -0.05) is 24.3 Å². The van der Waals surface area contributed by atoms with Gasteiger partial charge in [0.05, 0.1) is 22.4 Å². The average molecular weight is 389 g/mol. The number of benzene rings is 3. The minimum Gasteiger partial charge on any atom is -0.457 e. The van der Waals surface area contributed by atoms with E-state index in [0.717, 1.165) is 16.0 Å². The van der Waals surface area contributed by atoms with Crippen molar-refractivity contribution in [3.8, 4) is 0 Å². The Hall–Kier alpha value is -3.80. The fourth-order valence-electron chi connectivity index (χ4n) is 3.19. The molecule has 0 saturated carbocycles. The van der Waals surface area contributed by atoms with E-state index in [2.05, 4.69) is 0 Å². The maximum atomic E-state index is 13.2. The monoisotopic (exact) mass is 389 g/mol. The number of nitrogens with zero attached hydrogens (tertiary/aromatic N) is 1. The molecule has 144 valence electrons. The van der Waals surface area contributed by atoms with E-state index in [1.165, 1.54) is 42.5 Å². The summed E-state index contributed by atoms with van der Waals surface area (Å²) in [5.74, 6) is -2.14. The summed E-state index contributed by atoms with van der Waals surface area (Å²) in [6.45, 7) is 2.03. The van der Waals surface area contributed by atoms with Gasteiger partial charge in [-0.15, -0.1) is 0 Å². The van der Waals surface area contributed by atoms with Crippen LogP contribution in [0.3, 0.4) is 0 Å². The molecule has 4 rings (SSSR count). The van der Waals surface area contributed by atoms with Gasteiger partial charge in [-0.25, -0.2) is 14.1 Å². The molecule has 0 radical (unpaired) electrons. The number of hydrogen-bond donors (Lipinski definition) is 0. The number of carbonyl (C=O) groups is 3. The first-order valence-electron chi connectivity index (χ1n) is 8.96. The number of esters is 1. The van der Waals surface area contributed by atoms with Crippen molar-refractivity contribution in [2.45, 2.75) is 13.5 Å². The molecule has 3 aromatic rings. The number of hydrogen-bond acceptors (Lipinski definition) is 4. The lowest BCUT2D eigenvalue weighted by atomic mass is 10.1. The third-order valence-corrected chi connectivity index (χ3v) is 4.83. The number of rotatable bonds is 4. The molecule has 29 heavy (non-hydrogen) atoms. The lowest BCUT2D eigenvalue weighted by Gasteiger charge is -2.13. The molecular weight excluding hydrogens is 373 g/mol. The molecule has 0 bridgehead atoms. The van der Waals surface area contributed by atoms with Crippen LogP contribution in [0.2, 0.25) is 0 Å². The van der Waals surface area contributed by atoms with Gasteiger partial charge in [-0.3, -0.25) is 9.59 Å². The largest absolute Gasteiger partial charge is 0.457 e. The van der Waals surface area contributed by atoms with Crippen molar-refractivity contribution in [3.05, 3.63) is 100 Å². The number of ether oxygens (including phenoxy) is 1. The molecule has 0 fully saturated rings. The molecule has 0 spiro atoms. The van der Waals surface area contributed by atoms with E-state index < -0.39 is 23.6 Å². The van der Waals surface area contributed by atoms with Crippen LogP contribution in [0.15, 0.2) is 66.7 Å².